The maximum atomic E-state index is 10.6. The molecule has 4 heteroatoms. The molecule has 0 aromatic carbocycles. The van der Waals surface area contributed by atoms with Crippen LogP contribution in [0.4, 0.5) is 0 Å². The van der Waals surface area contributed by atoms with Crippen LogP contribution >= 0.6 is 0 Å². The number of carboxylic acid groups (broad SMARTS) is 1. The first-order valence-electron chi connectivity index (χ1n) is 10.6. The van der Waals surface area contributed by atoms with Gasteiger partial charge < -0.3 is 5.11 Å². The lowest BCUT2D eigenvalue weighted by Gasteiger charge is -2.30. The summed E-state index contributed by atoms with van der Waals surface area (Å²) in [7, 11) is 0. The molecule has 0 aromatic rings. The minimum atomic E-state index is -0.683. The van der Waals surface area contributed by atoms with Crippen LogP contribution in [0.15, 0.2) is 12.2 Å². The molecule has 1 aliphatic carbocycles. The van der Waals surface area contributed by atoms with Gasteiger partial charge in [-0.05, 0) is 42.9 Å². The molecule has 150 valence electrons. The Kier molecular flexibility index (Phi) is 8.62. The maximum absolute atomic E-state index is 10.6. The van der Waals surface area contributed by atoms with Crippen molar-refractivity contribution in [2.45, 2.75) is 104 Å². The Morgan fingerprint density at radius 2 is 1.77 bits per heavy atom. The summed E-state index contributed by atoms with van der Waals surface area (Å²) in [5.74, 6) is 0.486. The SMILES string of the molecule is CCCCC(C)(C)C=CC[C@H]1[C@H](CCCCCCC(=O)O)[C@H]2C[C@H]1OO2. The van der Waals surface area contributed by atoms with Crippen LogP contribution in [0.3, 0.4) is 0 Å². The number of allylic oxidation sites excluding steroid dienone is 2. The normalized spacial score (nSPS) is 28.3. The van der Waals surface area contributed by atoms with Crippen molar-refractivity contribution in [3.63, 3.8) is 0 Å². The van der Waals surface area contributed by atoms with Gasteiger partial charge in [0.15, 0.2) is 0 Å². The van der Waals surface area contributed by atoms with Crippen molar-refractivity contribution in [2.24, 2.45) is 17.3 Å². The van der Waals surface area contributed by atoms with Gasteiger partial charge in [-0.3, -0.25) is 4.79 Å². The predicted octanol–water partition coefficient (Wildman–Crippen LogP) is 5.91. The molecule has 4 nitrogen and oxygen atoms in total. The van der Waals surface area contributed by atoms with Gasteiger partial charge >= 0.3 is 5.97 Å². The summed E-state index contributed by atoms with van der Waals surface area (Å²) in [4.78, 5) is 21.6. The van der Waals surface area contributed by atoms with Crippen LogP contribution in [0.5, 0.6) is 0 Å². The Balaban J connectivity index is 1.74. The predicted molar refractivity (Wildman–Crippen MR) is 104 cm³/mol. The molecule has 26 heavy (non-hydrogen) atoms. The third-order valence-corrected chi connectivity index (χ3v) is 6.10. The van der Waals surface area contributed by atoms with Gasteiger partial charge in [-0.2, -0.15) is 0 Å². The second-order valence-electron chi connectivity index (χ2n) is 8.91. The molecule has 1 heterocycles. The van der Waals surface area contributed by atoms with Crippen molar-refractivity contribution in [3.8, 4) is 0 Å². The van der Waals surface area contributed by atoms with Crippen LogP contribution < -0.4 is 0 Å². The van der Waals surface area contributed by atoms with E-state index < -0.39 is 5.97 Å². The van der Waals surface area contributed by atoms with Gasteiger partial charge in [0, 0.05) is 12.8 Å². The summed E-state index contributed by atoms with van der Waals surface area (Å²) in [6.45, 7) is 6.90. The smallest absolute Gasteiger partial charge is 0.303 e. The van der Waals surface area contributed by atoms with E-state index in [4.69, 9.17) is 14.9 Å². The largest absolute Gasteiger partial charge is 0.481 e. The molecule has 0 radical (unpaired) electrons. The lowest BCUT2D eigenvalue weighted by atomic mass is 9.83. The number of hydrogen-bond donors (Lipinski definition) is 1. The van der Waals surface area contributed by atoms with Gasteiger partial charge in [0.25, 0.3) is 0 Å². The summed E-state index contributed by atoms with van der Waals surface area (Å²) in [5, 5.41) is 8.70. The summed E-state index contributed by atoms with van der Waals surface area (Å²) in [5.41, 5.74) is 0.282. The zero-order chi connectivity index (χ0) is 19.0. The molecule has 4 atom stereocenters. The van der Waals surface area contributed by atoms with E-state index in [1.807, 2.05) is 0 Å². The topological polar surface area (TPSA) is 55.8 Å². The zero-order valence-corrected chi connectivity index (χ0v) is 16.9. The lowest BCUT2D eigenvalue weighted by Crippen LogP contribution is -2.30. The molecule has 0 unspecified atom stereocenters. The van der Waals surface area contributed by atoms with Crippen molar-refractivity contribution in [1.82, 2.24) is 0 Å². The molecular weight excluding hydrogens is 328 g/mol. The molecule has 2 aliphatic rings. The van der Waals surface area contributed by atoms with E-state index in [9.17, 15) is 4.79 Å². The second kappa shape index (κ2) is 10.5. The van der Waals surface area contributed by atoms with Crippen molar-refractivity contribution in [2.75, 3.05) is 0 Å². The average Bonchev–Trinajstić information content (AvgIpc) is 3.18. The molecule has 0 aromatic heterocycles. The highest BCUT2D eigenvalue weighted by Gasteiger charge is 2.49. The van der Waals surface area contributed by atoms with Gasteiger partial charge in [-0.25, -0.2) is 9.78 Å². The summed E-state index contributed by atoms with van der Waals surface area (Å²) in [6.07, 6.45) is 16.8. The molecule has 1 N–H and O–H groups in total. The van der Waals surface area contributed by atoms with Gasteiger partial charge in [0.05, 0.1) is 12.2 Å². The van der Waals surface area contributed by atoms with Gasteiger partial charge in [-0.1, -0.05) is 65.0 Å². The number of hydrogen-bond acceptors (Lipinski definition) is 3. The number of aliphatic carboxylic acids is 1. The van der Waals surface area contributed by atoms with Crippen LogP contribution in [0, 0.1) is 17.3 Å². The Hall–Kier alpha value is -0.870. The molecule has 2 fully saturated rings. The number of carboxylic acids is 1. The van der Waals surface area contributed by atoms with E-state index in [-0.39, 0.29) is 17.6 Å². The Morgan fingerprint density at radius 3 is 2.46 bits per heavy atom. The Labute approximate surface area is 159 Å². The number of carbonyl (C=O) groups is 1. The van der Waals surface area contributed by atoms with Crippen LogP contribution in [-0.4, -0.2) is 23.3 Å². The third kappa shape index (κ3) is 6.70. The van der Waals surface area contributed by atoms with Gasteiger partial charge in [-0.15, -0.1) is 0 Å². The minimum Gasteiger partial charge on any atom is -0.481 e. The third-order valence-electron chi connectivity index (χ3n) is 6.10. The van der Waals surface area contributed by atoms with E-state index in [1.54, 1.807) is 0 Å². The van der Waals surface area contributed by atoms with Crippen LogP contribution in [0.25, 0.3) is 0 Å². The minimum absolute atomic E-state index is 0.264. The highest BCUT2D eigenvalue weighted by Crippen LogP contribution is 2.46. The Bertz CT molecular complexity index is 457. The highest BCUT2D eigenvalue weighted by atomic mass is 17.2. The fourth-order valence-corrected chi connectivity index (χ4v) is 4.49. The molecule has 1 saturated heterocycles. The van der Waals surface area contributed by atoms with E-state index in [0.29, 0.717) is 18.3 Å². The molecule has 0 spiro atoms. The first-order valence-corrected chi connectivity index (χ1v) is 10.6. The molecule has 2 rings (SSSR count). The lowest BCUT2D eigenvalue weighted by molar-refractivity contribution is -0.341. The second-order valence-corrected chi connectivity index (χ2v) is 8.91. The number of rotatable bonds is 13. The van der Waals surface area contributed by atoms with Crippen LogP contribution in [-0.2, 0) is 14.6 Å². The van der Waals surface area contributed by atoms with Gasteiger partial charge in [0.1, 0.15) is 0 Å². The van der Waals surface area contributed by atoms with Crippen molar-refractivity contribution >= 4 is 5.97 Å². The van der Waals surface area contributed by atoms with Crippen molar-refractivity contribution < 1.29 is 19.7 Å². The fourth-order valence-electron chi connectivity index (χ4n) is 4.49. The monoisotopic (exact) mass is 366 g/mol. The van der Waals surface area contributed by atoms with Crippen molar-refractivity contribution in [3.05, 3.63) is 12.2 Å². The quantitative estimate of drug-likeness (QED) is 0.250. The highest BCUT2D eigenvalue weighted by molar-refractivity contribution is 5.66. The fraction of sp³-hybridized carbons (Fsp3) is 0.864. The van der Waals surface area contributed by atoms with Crippen LogP contribution in [0.2, 0.25) is 0 Å². The molecule has 2 bridgehead atoms. The first-order chi connectivity index (χ1) is 12.4. The maximum Gasteiger partial charge on any atom is 0.303 e. The van der Waals surface area contributed by atoms with Crippen LogP contribution in [0.1, 0.15) is 91.4 Å². The summed E-state index contributed by atoms with van der Waals surface area (Å²) in [6, 6.07) is 0. The molecular formula is C22H38O4. The van der Waals surface area contributed by atoms with E-state index in [0.717, 1.165) is 32.1 Å². The molecule has 1 aliphatic heterocycles. The zero-order valence-electron chi connectivity index (χ0n) is 16.9. The first kappa shape index (κ1) is 21.4. The van der Waals surface area contributed by atoms with E-state index in [2.05, 4.69) is 32.9 Å². The summed E-state index contributed by atoms with van der Waals surface area (Å²) < 4.78 is 0. The Morgan fingerprint density at radius 1 is 1.08 bits per heavy atom. The van der Waals surface area contributed by atoms with E-state index in [1.165, 1.54) is 32.1 Å². The number of unbranched alkanes of at least 4 members (excludes halogenated alkanes) is 4. The standard InChI is InChI=1S/C22H38O4/c1-4-5-14-22(2,3)15-10-12-18-17(19-16-20(18)26-25-19)11-8-6-7-9-13-21(23)24/h10,15,17-20H,4-9,11-14,16H2,1-3H3,(H,23,24)/t17-,18-,19+,20+/m0/s1. The molecule has 1 saturated carbocycles. The molecule has 0 amide bonds. The average molecular weight is 367 g/mol. The van der Waals surface area contributed by atoms with Gasteiger partial charge in [0.2, 0.25) is 0 Å². The number of fused-ring (bicyclic) bond motifs is 2. The summed E-state index contributed by atoms with van der Waals surface area (Å²) >= 11 is 0. The van der Waals surface area contributed by atoms with Crippen molar-refractivity contribution in [1.29, 1.82) is 0 Å². The van der Waals surface area contributed by atoms with E-state index >= 15 is 0 Å².